The number of aryl methyl sites for hydroxylation is 1. The van der Waals surface area contributed by atoms with Gasteiger partial charge in [-0.1, -0.05) is 47.7 Å². The van der Waals surface area contributed by atoms with Crippen LogP contribution in [0.5, 0.6) is 0 Å². The summed E-state index contributed by atoms with van der Waals surface area (Å²) < 4.78 is 32.1. The molecule has 0 spiro atoms. The lowest BCUT2D eigenvalue weighted by Gasteiger charge is -2.15. The molecular formula is C22H24N6O5S2. The van der Waals surface area contributed by atoms with E-state index in [1.807, 2.05) is 0 Å². The molecule has 5 N–H and O–H groups in total. The molecule has 11 nitrogen and oxygen atoms in total. The third-order valence-electron chi connectivity index (χ3n) is 4.76. The van der Waals surface area contributed by atoms with E-state index in [9.17, 15) is 18.0 Å². The molecule has 1 unspecified atom stereocenters. The second-order valence-electron chi connectivity index (χ2n) is 7.38. The highest BCUT2D eigenvalue weighted by molar-refractivity contribution is 7.89. The quantitative estimate of drug-likeness (QED) is 0.160. The maximum atomic E-state index is 12.6. The first-order valence-corrected chi connectivity index (χ1v) is 12.6. The third kappa shape index (κ3) is 6.76. The van der Waals surface area contributed by atoms with E-state index in [1.165, 1.54) is 12.1 Å². The van der Waals surface area contributed by atoms with Gasteiger partial charge in [0.2, 0.25) is 10.0 Å². The average molecular weight is 517 g/mol. The number of sulfonamides is 1. The third-order valence-corrected chi connectivity index (χ3v) is 7.20. The maximum absolute atomic E-state index is 12.6. The summed E-state index contributed by atoms with van der Waals surface area (Å²) >= 11 is 1.15. The zero-order chi connectivity index (χ0) is 25.6. The number of nitrogens with two attached hydrogens (primary N) is 2. The first-order chi connectivity index (χ1) is 16.6. The summed E-state index contributed by atoms with van der Waals surface area (Å²) in [5.41, 5.74) is 13.6. The van der Waals surface area contributed by atoms with Gasteiger partial charge in [0.1, 0.15) is 28.3 Å². The van der Waals surface area contributed by atoms with E-state index in [-0.39, 0.29) is 11.3 Å². The largest absolute Gasteiger partial charge is 0.392 e. The molecule has 2 aromatic carbocycles. The number of nitrogens with zero attached hydrogens (tertiary/aromatic N) is 3. The lowest BCUT2D eigenvalue weighted by molar-refractivity contribution is -0.160. The second-order valence-corrected chi connectivity index (χ2v) is 10.2. The number of nitrogens with one attached hydrogen (secondary N) is 1. The second kappa shape index (κ2) is 11.3. The van der Waals surface area contributed by atoms with Crippen LogP contribution in [0, 0.1) is 6.92 Å². The summed E-state index contributed by atoms with van der Waals surface area (Å²) in [4.78, 5) is 28.5. The van der Waals surface area contributed by atoms with Crippen molar-refractivity contribution in [1.29, 1.82) is 0 Å². The SMILES string of the molecule is CN=C(N)c1ccc(-c2nnc(CC(=O)OC(=O)C(CN)NS(=O)(=O)c3cccc(C)c3)s2)cc1. The summed E-state index contributed by atoms with van der Waals surface area (Å²) in [6.07, 6.45) is -0.321. The number of amidine groups is 1. The Kier molecular flexibility index (Phi) is 8.40. The summed E-state index contributed by atoms with van der Waals surface area (Å²) in [6.45, 7) is 1.33. The number of esters is 2. The van der Waals surface area contributed by atoms with Crippen LogP contribution in [0.25, 0.3) is 10.6 Å². The summed E-state index contributed by atoms with van der Waals surface area (Å²) in [6, 6.07) is 11.9. The Morgan fingerprint density at radius 3 is 2.51 bits per heavy atom. The number of ether oxygens (including phenoxy) is 1. The van der Waals surface area contributed by atoms with Gasteiger partial charge in [0.25, 0.3) is 0 Å². The van der Waals surface area contributed by atoms with Gasteiger partial charge < -0.3 is 16.2 Å². The Labute approximate surface area is 206 Å². The van der Waals surface area contributed by atoms with E-state index < -0.39 is 34.5 Å². The number of carbonyl (C=O) groups excluding carboxylic acids is 2. The number of aromatic nitrogens is 2. The van der Waals surface area contributed by atoms with Crippen LogP contribution in [0.2, 0.25) is 0 Å². The Morgan fingerprint density at radius 1 is 1.17 bits per heavy atom. The molecule has 0 fully saturated rings. The first kappa shape index (κ1) is 26.1. The molecule has 13 heteroatoms. The smallest absolute Gasteiger partial charge is 0.333 e. The predicted molar refractivity (Wildman–Crippen MR) is 131 cm³/mol. The highest BCUT2D eigenvalue weighted by Gasteiger charge is 2.28. The maximum Gasteiger partial charge on any atom is 0.333 e. The zero-order valence-electron chi connectivity index (χ0n) is 19.0. The van der Waals surface area contributed by atoms with Gasteiger partial charge in [-0.15, -0.1) is 10.2 Å². The van der Waals surface area contributed by atoms with Gasteiger partial charge in [0.15, 0.2) is 0 Å². The van der Waals surface area contributed by atoms with Crippen molar-refractivity contribution in [2.24, 2.45) is 16.5 Å². The van der Waals surface area contributed by atoms with Crippen molar-refractivity contribution in [3.05, 3.63) is 64.7 Å². The molecule has 0 saturated heterocycles. The Morgan fingerprint density at radius 2 is 1.89 bits per heavy atom. The van der Waals surface area contributed by atoms with Crippen molar-refractivity contribution < 1.29 is 22.7 Å². The van der Waals surface area contributed by atoms with Crippen molar-refractivity contribution in [2.75, 3.05) is 13.6 Å². The highest BCUT2D eigenvalue weighted by Crippen LogP contribution is 2.24. The van der Waals surface area contributed by atoms with E-state index in [1.54, 1.807) is 50.4 Å². The number of rotatable bonds is 9. The van der Waals surface area contributed by atoms with Crippen LogP contribution in [0.4, 0.5) is 0 Å². The number of hydrogen-bond donors (Lipinski definition) is 3. The van der Waals surface area contributed by atoms with Crippen LogP contribution >= 0.6 is 11.3 Å². The molecule has 0 bridgehead atoms. The molecule has 35 heavy (non-hydrogen) atoms. The number of hydrogen-bond acceptors (Lipinski definition) is 10. The molecule has 0 saturated carbocycles. The minimum absolute atomic E-state index is 0.0332. The molecule has 1 aromatic heterocycles. The zero-order valence-corrected chi connectivity index (χ0v) is 20.6. The lowest BCUT2D eigenvalue weighted by Crippen LogP contribution is -2.47. The molecule has 0 radical (unpaired) electrons. The highest BCUT2D eigenvalue weighted by atomic mass is 32.2. The van der Waals surface area contributed by atoms with Gasteiger partial charge in [-0.05, 0) is 24.6 Å². The van der Waals surface area contributed by atoms with Crippen LogP contribution in [0.15, 0.2) is 58.4 Å². The predicted octanol–water partition coefficient (Wildman–Crippen LogP) is 0.767. The fraction of sp³-hybridized carbons (Fsp3) is 0.227. The molecular weight excluding hydrogens is 492 g/mol. The Hall–Kier alpha value is -3.52. The van der Waals surface area contributed by atoms with Gasteiger partial charge in [0.05, 0.1) is 4.90 Å². The molecule has 0 aliphatic heterocycles. The molecule has 0 aliphatic carbocycles. The van der Waals surface area contributed by atoms with E-state index in [0.29, 0.717) is 15.9 Å². The minimum atomic E-state index is -4.05. The molecule has 184 valence electrons. The Bertz CT molecular complexity index is 1350. The van der Waals surface area contributed by atoms with Gasteiger partial charge in [0, 0.05) is 24.7 Å². The van der Waals surface area contributed by atoms with Gasteiger partial charge in [-0.25, -0.2) is 13.2 Å². The van der Waals surface area contributed by atoms with Crippen molar-refractivity contribution in [1.82, 2.24) is 14.9 Å². The van der Waals surface area contributed by atoms with Crippen LogP contribution in [-0.2, 0) is 30.8 Å². The number of benzene rings is 2. The van der Waals surface area contributed by atoms with Crippen LogP contribution in [-0.4, -0.2) is 56.0 Å². The van der Waals surface area contributed by atoms with Gasteiger partial charge in [-0.3, -0.25) is 9.79 Å². The van der Waals surface area contributed by atoms with Crippen molar-refractivity contribution in [2.45, 2.75) is 24.3 Å². The van der Waals surface area contributed by atoms with E-state index in [4.69, 9.17) is 16.2 Å². The standard InChI is InChI=1S/C22H24N6O5S2/c1-13-4-3-5-16(10-13)35(31,32)28-17(12-23)22(30)33-19(29)11-18-26-27-21(34-18)15-8-6-14(7-9-15)20(24)25-2/h3-10,17,28H,11-12,23H2,1-2H3,(H2,24,25). The summed E-state index contributed by atoms with van der Waals surface area (Å²) in [7, 11) is -2.45. The van der Waals surface area contributed by atoms with E-state index >= 15 is 0 Å². The van der Waals surface area contributed by atoms with Gasteiger partial charge >= 0.3 is 11.9 Å². The van der Waals surface area contributed by atoms with Gasteiger partial charge in [-0.2, -0.15) is 4.72 Å². The molecule has 0 amide bonds. The fourth-order valence-electron chi connectivity index (χ4n) is 2.93. The van der Waals surface area contributed by atoms with Crippen molar-refractivity contribution in [3.63, 3.8) is 0 Å². The van der Waals surface area contributed by atoms with Crippen LogP contribution in [0.3, 0.4) is 0 Å². The first-order valence-electron chi connectivity index (χ1n) is 10.3. The van der Waals surface area contributed by atoms with Crippen molar-refractivity contribution >= 4 is 39.1 Å². The fourth-order valence-corrected chi connectivity index (χ4v) is 5.06. The molecule has 3 rings (SSSR count). The Balaban J connectivity index is 1.61. The molecule has 3 aromatic rings. The molecule has 1 heterocycles. The van der Waals surface area contributed by atoms with Crippen LogP contribution in [0.1, 0.15) is 16.1 Å². The lowest BCUT2D eigenvalue weighted by atomic mass is 10.1. The topological polar surface area (TPSA) is 180 Å². The normalized spacial score (nSPS) is 12.8. The van der Waals surface area contributed by atoms with E-state index in [0.717, 1.165) is 28.0 Å². The van der Waals surface area contributed by atoms with Crippen molar-refractivity contribution in [3.8, 4) is 10.6 Å². The summed E-state index contributed by atoms with van der Waals surface area (Å²) in [5, 5.41) is 8.89. The molecule has 1 atom stereocenters. The number of carbonyl (C=O) groups is 2. The average Bonchev–Trinajstić information content (AvgIpc) is 3.30. The monoisotopic (exact) mass is 516 g/mol. The van der Waals surface area contributed by atoms with Crippen LogP contribution < -0.4 is 16.2 Å². The number of aliphatic imine (C=N–C) groups is 1. The molecule has 0 aliphatic rings. The summed E-state index contributed by atoms with van der Waals surface area (Å²) in [5.74, 6) is -1.61. The minimum Gasteiger partial charge on any atom is -0.392 e. The van der Waals surface area contributed by atoms with E-state index in [2.05, 4.69) is 19.9 Å².